The molecule has 8 nitrogen and oxygen atoms in total. The second-order valence-electron chi connectivity index (χ2n) is 11.6. The number of hydrogen-bond donors (Lipinski definition) is 3. The summed E-state index contributed by atoms with van der Waals surface area (Å²) < 4.78 is 6.02. The second-order valence-corrected chi connectivity index (χ2v) is 11.6. The van der Waals surface area contributed by atoms with Crippen molar-refractivity contribution in [2.45, 2.75) is 44.4 Å². The summed E-state index contributed by atoms with van der Waals surface area (Å²) in [7, 11) is 0. The third-order valence-electron chi connectivity index (χ3n) is 8.37. The van der Waals surface area contributed by atoms with Crippen LogP contribution < -0.4 is 20.7 Å². The Kier molecular flexibility index (Phi) is 9.85. The van der Waals surface area contributed by atoms with Gasteiger partial charge in [-0.3, -0.25) is 14.4 Å². The van der Waals surface area contributed by atoms with Gasteiger partial charge in [-0.2, -0.15) is 0 Å². The normalized spacial score (nSPS) is 17.6. The van der Waals surface area contributed by atoms with Gasteiger partial charge in [0.2, 0.25) is 11.8 Å². The first-order chi connectivity index (χ1) is 22.5. The Bertz CT molecular complexity index is 1680. The largest absolute Gasteiger partial charge is 0.488 e. The molecule has 4 aromatic rings. The van der Waals surface area contributed by atoms with Gasteiger partial charge in [-0.25, -0.2) is 0 Å². The van der Waals surface area contributed by atoms with E-state index in [4.69, 9.17) is 4.74 Å². The van der Waals surface area contributed by atoms with E-state index in [0.29, 0.717) is 36.6 Å². The molecule has 8 heteroatoms. The molecule has 0 bridgehead atoms. The van der Waals surface area contributed by atoms with Crippen molar-refractivity contribution in [2.75, 3.05) is 23.7 Å². The van der Waals surface area contributed by atoms with Crippen LogP contribution in [-0.4, -0.2) is 47.8 Å². The van der Waals surface area contributed by atoms with Crippen molar-refractivity contribution < 1.29 is 19.1 Å². The number of para-hydroxylation sites is 1. The number of likely N-dealkylation sites (tertiary alicyclic amines) is 1. The summed E-state index contributed by atoms with van der Waals surface area (Å²) in [5.74, 6) is 0.107. The minimum Gasteiger partial charge on any atom is -0.488 e. The zero-order chi connectivity index (χ0) is 31.7. The molecule has 0 radical (unpaired) electrons. The van der Waals surface area contributed by atoms with Crippen LogP contribution in [0.1, 0.15) is 52.7 Å². The minimum atomic E-state index is -0.559. The Balaban J connectivity index is 1.03. The predicted octanol–water partition coefficient (Wildman–Crippen LogP) is 6.37. The molecule has 0 aromatic heterocycles. The highest BCUT2D eigenvalue weighted by Crippen LogP contribution is 2.27. The van der Waals surface area contributed by atoms with Crippen molar-refractivity contribution in [3.63, 3.8) is 0 Å². The second kappa shape index (κ2) is 14.7. The maximum Gasteiger partial charge on any atom is 0.258 e. The van der Waals surface area contributed by atoms with Crippen LogP contribution >= 0.6 is 0 Å². The quantitative estimate of drug-likeness (QED) is 0.180. The Morgan fingerprint density at radius 2 is 1.37 bits per heavy atom. The highest BCUT2D eigenvalue weighted by molar-refractivity contribution is 6.03. The maximum atomic E-state index is 13.6. The lowest BCUT2D eigenvalue weighted by molar-refractivity contribution is -0.120. The molecule has 2 heterocycles. The first-order valence-corrected chi connectivity index (χ1v) is 15.8. The number of nitrogens with zero attached hydrogens (tertiary/aromatic N) is 1. The van der Waals surface area contributed by atoms with Gasteiger partial charge in [0.1, 0.15) is 18.4 Å². The zero-order valence-corrected chi connectivity index (χ0v) is 25.7. The van der Waals surface area contributed by atoms with Gasteiger partial charge in [0, 0.05) is 17.9 Å². The van der Waals surface area contributed by atoms with Crippen LogP contribution in [0, 0.1) is 0 Å². The van der Waals surface area contributed by atoms with Gasteiger partial charge in [0.15, 0.2) is 0 Å². The molecule has 234 valence electrons. The van der Waals surface area contributed by atoms with E-state index < -0.39 is 6.04 Å². The SMILES string of the molecule is O=C(Nc1ccc(/C=C/c2ccc(NC(=O)[C@@H]3CCCN3C(=O)c3ccccc3OCc3ccccc3)cc2)cc1)[C@@H]1CCCN1. The van der Waals surface area contributed by atoms with E-state index in [0.717, 1.165) is 48.2 Å². The number of benzene rings is 4. The fourth-order valence-corrected chi connectivity index (χ4v) is 5.85. The van der Waals surface area contributed by atoms with Crippen molar-refractivity contribution in [3.05, 3.63) is 125 Å². The molecule has 3 N–H and O–H groups in total. The van der Waals surface area contributed by atoms with Crippen molar-refractivity contribution >= 4 is 41.2 Å². The van der Waals surface area contributed by atoms with Crippen molar-refractivity contribution in [1.82, 2.24) is 10.2 Å². The predicted molar refractivity (Wildman–Crippen MR) is 181 cm³/mol. The molecule has 0 aliphatic carbocycles. The van der Waals surface area contributed by atoms with Crippen molar-refractivity contribution in [2.24, 2.45) is 0 Å². The Hall–Kier alpha value is -5.21. The topological polar surface area (TPSA) is 99.8 Å². The lowest BCUT2D eigenvalue weighted by Crippen LogP contribution is -2.43. The van der Waals surface area contributed by atoms with Gasteiger partial charge < -0.3 is 25.6 Å². The number of hydrogen-bond acceptors (Lipinski definition) is 5. The molecule has 6 rings (SSSR count). The molecular weight excluding hydrogens is 576 g/mol. The summed E-state index contributed by atoms with van der Waals surface area (Å²) in [5.41, 5.74) is 4.90. The van der Waals surface area contributed by atoms with Crippen molar-refractivity contribution in [3.8, 4) is 5.75 Å². The first-order valence-electron chi connectivity index (χ1n) is 15.8. The van der Waals surface area contributed by atoms with E-state index in [1.807, 2.05) is 103 Å². The molecule has 0 spiro atoms. The van der Waals surface area contributed by atoms with Gasteiger partial charge in [0.25, 0.3) is 5.91 Å². The van der Waals surface area contributed by atoms with Gasteiger partial charge in [0.05, 0.1) is 11.6 Å². The van der Waals surface area contributed by atoms with E-state index in [2.05, 4.69) is 16.0 Å². The number of amides is 3. The molecule has 46 heavy (non-hydrogen) atoms. The van der Waals surface area contributed by atoms with Gasteiger partial charge >= 0.3 is 0 Å². The van der Waals surface area contributed by atoms with Crippen LogP contribution in [0.4, 0.5) is 11.4 Å². The lowest BCUT2D eigenvalue weighted by Gasteiger charge is -2.25. The summed E-state index contributed by atoms with van der Waals surface area (Å²) in [6.07, 6.45) is 7.25. The molecule has 2 saturated heterocycles. The van der Waals surface area contributed by atoms with E-state index in [1.165, 1.54) is 0 Å². The highest BCUT2D eigenvalue weighted by atomic mass is 16.5. The van der Waals surface area contributed by atoms with Gasteiger partial charge in [-0.05, 0) is 85.3 Å². The van der Waals surface area contributed by atoms with Gasteiger partial charge in [-0.1, -0.05) is 78.9 Å². The number of carbonyl (C=O) groups excluding carboxylic acids is 3. The number of carbonyl (C=O) groups is 3. The Morgan fingerprint density at radius 3 is 2.02 bits per heavy atom. The third-order valence-corrected chi connectivity index (χ3v) is 8.37. The lowest BCUT2D eigenvalue weighted by atomic mass is 10.1. The fourth-order valence-electron chi connectivity index (χ4n) is 5.85. The highest BCUT2D eigenvalue weighted by Gasteiger charge is 2.35. The summed E-state index contributed by atoms with van der Waals surface area (Å²) in [5, 5.41) is 9.18. The first kappa shape index (κ1) is 30.8. The number of ether oxygens (including phenoxy) is 1. The summed E-state index contributed by atoms with van der Waals surface area (Å²) >= 11 is 0. The average Bonchev–Trinajstić information content (AvgIpc) is 3.82. The molecule has 4 aromatic carbocycles. The molecule has 2 atom stereocenters. The molecule has 2 fully saturated rings. The minimum absolute atomic E-state index is 0.00896. The van der Waals surface area contributed by atoms with Crippen LogP contribution in [0.25, 0.3) is 12.2 Å². The summed E-state index contributed by atoms with van der Waals surface area (Å²) in [4.78, 5) is 41.0. The monoisotopic (exact) mass is 614 g/mol. The Labute approximate surface area is 269 Å². The fraction of sp³-hybridized carbons (Fsp3) is 0.237. The van der Waals surface area contributed by atoms with Crippen LogP contribution in [0.5, 0.6) is 5.75 Å². The molecule has 0 unspecified atom stereocenters. The van der Waals surface area contributed by atoms with E-state index in [-0.39, 0.29) is 23.8 Å². The summed E-state index contributed by atoms with van der Waals surface area (Å²) in [6, 6.07) is 31.7. The van der Waals surface area contributed by atoms with Crippen LogP contribution in [-0.2, 0) is 16.2 Å². The van der Waals surface area contributed by atoms with Crippen molar-refractivity contribution in [1.29, 1.82) is 0 Å². The number of nitrogens with one attached hydrogen (secondary N) is 3. The third kappa shape index (κ3) is 7.71. The smallest absolute Gasteiger partial charge is 0.258 e. The molecule has 2 aliphatic heterocycles. The average molecular weight is 615 g/mol. The van der Waals surface area contributed by atoms with Crippen LogP contribution in [0.3, 0.4) is 0 Å². The maximum absolute atomic E-state index is 13.6. The van der Waals surface area contributed by atoms with Gasteiger partial charge in [-0.15, -0.1) is 0 Å². The molecule has 0 saturated carbocycles. The molecular formula is C38H38N4O4. The number of anilines is 2. The molecule has 3 amide bonds. The van der Waals surface area contributed by atoms with E-state index in [9.17, 15) is 14.4 Å². The van der Waals surface area contributed by atoms with E-state index >= 15 is 0 Å². The van der Waals surface area contributed by atoms with Crippen LogP contribution in [0.2, 0.25) is 0 Å². The zero-order valence-electron chi connectivity index (χ0n) is 25.7. The standard InChI is InChI=1S/C38H38N4O4/c43-36(33-11-6-24-39-33)40-30-20-16-27(17-21-30)14-15-28-18-22-31(23-19-28)41-37(44)34-12-7-25-42(34)38(45)32-10-4-5-13-35(32)46-26-29-8-2-1-3-9-29/h1-5,8-10,13-23,33-34,39H,6-7,11-12,24-26H2,(H,40,43)(H,41,44)/b15-14+/t33-,34-/m0/s1. The van der Waals surface area contributed by atoms with Crippen LogP contribution in [0.15, 0.2) is 103 Å². The summed E-state index contributed by atoms with van der Waals surface area (Å²) in [6.45, 7) is 1.75. The molecule has 2 aliphatic rings. The Morgan fingerprint density at radius 1 is 0.739 bits per heavy atom. The number of rotatable bonds is 10. The van der Waals surface area contributed by atoms with E-state index in [1.54, 1.807) is 17.0 Å².